The molecule has 0 fully saturated rings. The van der Waals surface area contributed by atoms with Gasteiger partial charge in [-0.25, -0.2) is 5.84 Å². The topological polar surface area (TPSA) is 77.2 Å². The maximum Gasteiger partial charge on any atom is 0.266 e. The summed E-state index contributed by atoms with van der Waals surface area (Å²) in [4.78, 5) is 15.3. The Kier molecular flexibility index (Phi) is 4.33. The van der Waals surface area contributed by atoms with E-state index in [4.69, 9.17) is 22.2 Å². The summed E-state index contributed by atoms with van der Waals surface area (Å²) in [6.07, 6.45) is 1.45. The number of carbonyl (C=O) groups excluding carboxylic acids is 1. The number of hydrogen-bond acceptors (Lipinski definition) is 4. The maximum atomic E-state index is 11.2. The predicted octanol–water partition coefficient (Wildman–Crippen LogP) is 1.92. The van der Waals surface area contributed by atoms with E-state index in [9.17, 15) is 4.79 Å². The quantitative estimate of drug-likeness (QED) is 0.508. The first-order chi connectivity index (χ1) is 9.19. The van der Waals surface area contributed by atoms with Gasteiger partial charge in [-0.2, -0.15) is 0 Å². The number of amides is 1. The minimum atomic E-state index is -0.377. The number of rotatable bonds is 4. The highest BCUT2D eigenvalue weighted by molar-refractivity contribution is 6.30. The van der Waals surface area contributed by atoms with Crippen LogP contribution in [0, 0.1) is 0 Å². The van der Waals surface area contributed by atoms with Gasteiger partial charge in [-0.1, -0.05) is 11.6 Å². The molecule has 0 spiro atoms. The van der Waals surface area contributed by atoms with Crippen molar-refractivity contribution in [2.45, 2.75) is 6.61 Å². The van der Waals surface area contributed by atoms with Gasteiger partial charge < -0.3 is 4.74 Å². The minimum Gasteiger partial charge on any atom is -0.487 e. The van der Waals surface area contributed by atoms with E-state index in [1.54, 1.807) is 36.4 Å². The van der Waals surface area contributed by atoms with Crippen molar-refractivity contribution in [1.82, 2.24) is 10.4 Å². The van der Waals surface area contributed by atoms with Crippen molar-refractivity contribution in [2.75, 3.05) is 0 Å². The smallest absolute Gasteiger partial charge is 0.266 e. The van der Waals surface area contributed by atoms with Crippen LogP contribution in [0.1, 0.15) is 16.1 Å². The summed E-state index contributed by atoms with van der Waals surface area (Å²) in [6.45, 7) is 0.312. The van der Waals surface area contributed by atoms with E-state index < -0.39 is 0 Å². The average Bonchev–Trinajstić information content (AvgIpc) is 2.46. The Morgan fingerprint density at radius 1 is 1.26 bits per heavy atom. The SMILES string of the molecule is NNC(=O)c1ccc(COc2ccc(Cl)cc2)nc1. The number of pyridine rings is 1. The summed E-state index contributed by atoms with van der Waals surface area (Å²) < 4.78 is 5.53. The van der Waals surface area contributed by atoms with Gasteiger partial charge in [0.15, 0.2) is 0 Å². The van der Waals surface area contributed by atoms with Crippen molar-refractivity contribution in [3.8, 4) is 5.75 Å². The van der Waals surface area contributed by atoms with Crippen LogP contribution in [-0.4, -0.2) is 10.9 Å². The normalized spacial score (nSPS) is 10.0. The number of carbonyl (C=O) groups is 1. The lowest BCUT2D eigenvalue weighted by atomic mass is 10.2. The van der Waals surface area contributed by atoms with E-state index in [1.807, 2.05) is 5.43 Å². The molecule has 0 bridgehead atoms. The van der Waals surface area contributed by atoms with Gasteiger partial charge in [-0.05, 0) is 36.4 Å². The third kappa shape index (κ3) is 3.67. The Morgan fingerprint density at radius 2 is 2.00 bits per heavy atom. The van der Waals surface area contributed by atoms with Crippen LogP contribution in [0.5, 0.6) is 5.75 Å². The Labute approximate surface area is 115 Å². The van der Waals surface area contributed by atoms with Crippen molar-refractivity contribution in [3.05, 3.63) is 58.9 Å². The van der Waals surface area contributed by atoms with Gasteiger partial charge in [0.25, 0.3) is 5.91 Å². The largest absolute Gasteiger partial charge is 0.487 e. The summed E-state index contributed by atoms with van der Waals surface area (Å²) >= 11 is 5.77. The lowest BCUT2D eigenvalue weighted by Gasteiger charge is -2.06. The fourth-order valence-corrected chi connectivity index (χ4v) is 1.54. The molecule has 19 heavy (non-hydrogen) atoms. The number of nitrogens with two attached hydrogens (primary N) is 1. The molecule has 1 aromatic heterocycles. The highest BCUT2D eigenvalue weighted by Gasteiger charge is 2.04. The molecule has 1 amide bonds. The fraction of sp³-hybridized carbons (Fsp3) is 0.0769. The number of ether oxygens (including phenoxy) is 1. The molecule has 2 aromatic rings. The Hall–Kier alpha value is -2.11. The first-order valence-corrected chi connectivity index (χ1v) is 5.91. The summed E-state index contributed by atoms with van der Waals surface area (Å²) in [7, 11) is 0. The molecule has 0 atom stereocenters. The molecule has 0 unspecified atom stereocenters. The van der Waals surface area contributed by atoms with Crippen molar-refractivity contribution in [2.24, 2.45) is 5.84 Å². The van der Waals surface area contributed by atoms with Crippen LogP contribution < -0.4 is 16.0 Å². The van der Waals surface area contributed by atoms with Gasteiger partial charge in [0.1, 0.15) is 12.4 Å². The molecule has 3 N–H and O–H groups in total. The Bertz CT molecular complexity index is 555. The predicted molar refractivity (Wildman–Crippen MR) is 71.7 cm³/mol. The number of hydrazine groups is 1. The van der Waals surface area contributed by atoms with E-state index in [-0.39, 0.29) is 5.91 Å². The third-order valence-corrected chi connectivity index (χ3v) is 2.67. The molecule has 0 radical (unpaired) electrons. The zero-order chi connectivity index (χ0) is 13.7. The lowest BCUT2D eigenvalue weighted by Crippen LogP contribution is -2.30. The van der Waals surface area contributed by atoms with Gasteiger partial charge in [0.2, 0.25) is 0 Å². The van der Waals surface area contributed by atoms with E-state index in [2.05, 4.69) is 4.98 Å². The van der Waals surface area contributed by atoms with Gasteiger partial charge in [0, 0.05) is 11.2 Å². The molecule has 1 aromatic carbocycles. The Morgan fingerprint density at radius 3 is 2.58 bits per heavy atom. The number of aromatic nitrogens is 1. The standard InChI is InChI=1S/C13H12ClN3O2/c14-10-2-5-12(6-3-10)19-8-11-4-1-9(7-16-11)13(18)17-15/h1-7H,8,15H2,(H,17,18). The van der Waals surface area contributed by atoms with Crippen LogP contribution in [0.4, 0.5) is 0 Å². The number of nitrogen functional groups attached to an aromatic ring is 1. The lowest BCUT2D eigenvalue weighted by molar-refractivity contribution is 0.0953. The average molecular weight is 278 g/mol. The van der Waals surface area contributed by atoms with Gasteiger partial charge in [-0.3, -0.25) is 15.2 Å². The van der Waals surface area contributed by atoms with Crippen molar-refractivity contribution >= 4 is 17.5 Å². The second-order valence-corrected chi connectivity index (χ2v) is 4.19. The molecule has 1 heterocycles. The van der Waals surface area contributed by atoms with Gasteiger partial charge in [-0.15, -0.1) is 0 Å². The van der Waals surface area contributed by atoms with Crippen molar-refractivity contribution in [3.63, 3.8) is 0 Å². The summed E-state index contributed by atoms with van der Waals surface area (Å²) in [5, 5.41) is 0.655. The summed E-state index contributed by atoms with van der Waals surface area (Å²) in [6, 6.07) is 10.4. The zero-order valence-electron chi connectivity index (χ0n) is 9.97. The molecule has 5 nitrogen and oxygen atoms in total. The van der Waals surface area contributed by atoms with Gasteiger partial charge in [0.05, 0.1) is 11.3 Å². The van der Waals surface area contributed by atoms with Crippen LogP contribution in [0.15, 0.2) is 42.6 Å². The van der Waals surface area contributed by atoms with E-state index in [0.717, 1.165) is 0 Å². The van der Waals surface area contributed by atoms with Gasteiger partial charge >= 0.3 is 0 Å². The summed E-state index contributed by atoms with van der Waals surface area (Å²) in [5.74, 6) is 5.35. The highest BCUT2D eigenvalue weighted by atomic mass is 35.5. The number of halogens is 1. The van der Waals surface area contributed by atoms with Crippen molar-refractivity contribution < 1.29 is 9.53 Å². The van der Waals surface area contributed by atoms with Crippen LogP contribution in [0.3, 0.4) is 0 Å². The second-order valence-electron chi connectivity index (χ2n) is 3.75. The fourth-order valence-electron chi connectivity index (χ4n) is 1.42. The van der Waals surface area contributed by atoms with Crippen LogP contribution >= 0.6 is 11.6 Å². The third-order valence-electron chi connectivity index (χ3n) is 2.42. The molecule has 0 saturated carbocycles. The van der Waals surface area contributed by atoms with Crippen molar-refractivity contribution in [1.29, 1.82) is 0 Å². The molecular formula is C13H12ClN3O2. The van der Waals surface area contributed by atoms with Crippen LogP contribution in [0.25, 0.3) is 0 Å². The van der Waals surface area contributed by atoms with E-state index >= 15 is 0 Å². The number of benzene rings is 1. The van der Waals surface area contributed by atoms with E-state index in [0.29, 0.717) is 28.6 Å². The molecule has 2 rings (SSSR count). The monoisotopic (exact) mass is 277 g/mol. The summed E-state index contributed by atoms with van der Waals surface area (Å²) in [5.41, 5.74) is 3.15. The zero-order valence-corrected chi connectivity index (χ0v) is 10.7. The highest BCUT2D eigenvalue weighted by Crippen LogP contribution is 2.16. The molecule has 0 aliphatic heterocycles. The van der Waals surface area contributed by atoms with Crippen LogP contribution in [0.2, 0.25) is 5.02 Å². The molecule has 0 aliphatic rings. The number of nitrogens with zero attached hydrogens (tertiary/aromatic N) is 1. The van der Waals surface area contributed by atoms with E-state index in [1.165, 1.54) is 6.20 Å². The first kappa shape index (κ1) is 13.3. The molecule has 0 aliphatic carbocycles. The molecule has 98 valence electrons. The van der Waals surface area contributed by atoms with Crippen LogP contribution in [-0.2, 0) is 6.61 Å². The second kappa shape index (κ2) is 6.17. The number of nitrogens with one attached hydrogen (secondary N) is 1. The first-order valence-electron chi connectivity index (χ1n) is 5.53. The number of hydrogen-bond donors (Lipinski definition) is 2. The molecule has 6 heteroatoms. The molecular weight excluding hydrogens is 266 g/mol. The minimum absolute atomic E-state index is 0.312. The molecule has 0 saturated heterocycles. The maximum absolute atomic E-state index is 11.2. The Balaban J connectivity index is 1.96.